The van der Waals surface area contributed by atoms with Gasteiger partial charge in [-0.2, -0.15) is 0 Å². The Balaban J connectivity index is 2.17. The molecule has 2 rings (SSSR count). The lowest BCUT2D eigenvalue weighted by molar-refractivity contribution is -0.0221. The molecule has 1 fully saturated rings. The first-order valence-corrected chi connectivity index (χ1v) is 5.68. The standard InChI is InChI=1S/C9H11BrF2N4/c10-6-5-14-7(13)8(15-6)16-3-1-9(11,12)2-4-16/h5H,1-4H2,(H2,13,14). The second kappa shape index (κ2) is 4.12. The molecule has 1 aromatic heterocycles. The number of hydrogen-bond donors (Lipinski definition) is 1. The summed E-state index contributed by atoms with van der Waals surface area (Å²) in [6.07, 6.45) is 1.15. The Kier molecular flexibility index (Phi) is 2.96. The van der Waals surface area contributed by atoms with Crippen molar-refractivity contribution in [3.05, 3.63) is 10.8 Å². The number of rotatable bonds is 1. The van der Waals surface area contributed by atoms with Crippen LogP contribution in [0.3, 0.4) is 0 Å². The average molecular weight is 293 g/mol. The first kappa shape index (κ1) is 11.5. The van der Waals surface area contributed by atoms with Gasteiger partial charge in [0, 0.05) is 25.9 Å². The second-order valence-electron chi connectivity index (χ2n) is 3.74. The lowest BCUT2D eigenvalue weighted by Crippen LogP contribution is -2.40. The first-order valence-electron chi connectivity index (χ1n) is 4.89. The quantitative estimate of drug-likeness (QED) is 0.861. The van der Waals surface area contributed by atoms with Crippen molar-refractivity contribution in [2.24, 2.45) is 0 Å². The third kappa shape index (κ3) is 2.40. The molecule has 1 aliphatic heterocycles. The van der Waals surface area contributed by atoms with Crippen LogP contribution in [-0.2, 0) is 0 Å². The molecule has 1 aliphatic rings. The third-order valence-electron chi connectivity index (χ3n) is 2.55. The Morgan fingerprint density at radius 1 is 1.38 bits per heavy atom. The fourth-order valence-corrected chi connectivity index (χ4v) is 1.92. The fraction of sp³-hybridized carbons (Fsp3) is 0.556. The molecule has 7 heteroatoms. The summed E-state index contributed by atoms with van der Waals surface area (Å²) in [5.41, 5.74) is 5.66. The largest absolute Gasteiger partial charge is 0.381 e. The molecule has 1 saturated heterocycles. The van der Waals surface area contributed by atoms with Gasteiger partial charge < -0.3 is 10.6 Å². The zero-order chi connectivity index (χ0) is 11.8. The third-order valence-corrected chi connectivity index (χ3v) is 2.93. The van der Waals surface area contributed by atoms with Crippen molar-refractivity contribution in [2.75, 3.05) is 23.7 Å². The highest BCUT2D eigenvalue weighted by atomic mass is 79.9. The molecular formula is C9H11BrF2N4. The van der Waals surface area contributed by atoms with Crippen LogP contribution >= 0.6 is 15.9 Å². The molecule has 0 radical (unpaired) electrons. The zero-order valence-electron chi connectivity index (χ0n) is 8.46. The van der Waals surface area contributed by atoms with Crippen molar-refractivity contribution in [2.45, 2.75) is 18.8 Å². The number of nitrogens with two attached hydrogens (primary N) is 1. The highest BCUT2D eigenvalue weighted by molar-refractivity contribution is 9.10. The summed E-state index contributed by atoms with van der Waals surface area (Å²) in [6.45, 7) is 0.505. The zero-order valence-corrected chi connectivity index (χ0v) is 10.0. The maximum atomic E-state index is 13.0. The summed E-state index contributed by atoms with van der Waals surface area (Å²) < 4.78 is 26.5. The van der Waals surface area contributed by atoms with Crippen LogP contribution in [0.4, 0.5) is 20.4 Å². The van der Waals surface area contributed by atoms with Crippen molar-refractivity contribution in [3.8, 4) is 0 Å². The van der Waals surface area contributed by atoms with Gasteiger partial charge in [-0.25, -0.2) is 18.7 Å². The van der Waals surface area contributed by atoms with Crippen molar-refractivity contribution in [1.82, 2.24) is 9.97 Å². The number of hydrogen-bond acceptors (Lipinski definition) is 4. The minimum absolute atomic E-state index is 0.166. The van der Waals surface area contributed by atoms with Crippen LogP contribution in [0, 0.1) is 0 Å². The molecule has 4 nitrogen and oxygen atoms in total. The highest BCUT2D eigenvalue weighted by Gasteiger charge is 2.35. The minimum Gasteiger partial charge on any atom is -0.381 e. The molecule has 16 heavy (non-hydrogen) atoms. The fourth-order valence-electron chi connectivity index (χ4n) is 1.65. The van der Waals surface area contributed by atoms with E-state index in [-0.39, 0.29) is 31.7 Å². The van der Waals surface area contributed by atoms with Crippen molar-refractivity contribution in [3.63, 3.8) is 0 Å². The van der Waals surface area contributed by atoms with E-state index in [1.807, 2.05) is 0 Å². The van der Waals surface area contributed by atoms with Gasteiger partial charge in [-0.1, -0.05) is 0 Å². The van der Waals surface area contributed by atoms with E-state index >= 15 is 0 Å². The van der Waals surface area contributed by atoms with Crippen LogP contribution in [0.5, 0.6) is 0 Å². The van der Waals surface area contributed by atoms with E-state index in [9.17, 15) is 8.78 Å². The van der Waals surface area contributed by atoms with Gasteiger partial charge in [0.15, 0.2) is 11.6 Å². The summed E-state index contributed by atoms with van der Waals surface area (Å²) in [5, 5.41) is 0. The van der Waals surface area contributed by atoms with E-state index in [0.29, 0.717) is 10.4 Å². The van der Waals surface area contributed by atoms with Crippen LogP contribution in [-0.4, -0.2) is 29.0 Å². The molecule has 1 aromatic rings. The molecular weight excluding hydrogens is 282 g/mol. The normalized spacial score (nSPS) is 19.8. The summed E-state index contributed by atoms with van der Waals surface area (Å²) >= 11 is 3.18. The Morgan fingerprint density at radius 3 is 2.62 bits per heavy atom. The number of nitrogens with zero attached hydrogens (tertiary/aromatic N) is 3. The molecule has 88 valence electrons. The van der Waals surface area contributed by atoms with Gasteiger partial charge in [0.1, 0.15) is 4.60 Å². The molecule has 0 aromatic carbocycles. The number of anilines is 2. The lowest BCUT2D eigenvalue weighted by atomic mass is 10.1. The number of aromatic nitrogens is 2. The van der Waals surface area contributed by atoms with Gasteiger partial charge >= 0.3 is 0 Å². The predicted molar refractivity (Wildman–Crippen MR) is 60.5 cm³/mol. The monoisotopic (exact) mass is 292 g/mol. The molecule has 2 N–H and O–H groups in total. The SMILES string of the molecule is Nc1ncc(Br)nc1N1CCC(F)(F)CC1. The smallest absolute Gasteiger partial charge is 0.251 e. The van der Waals surface area contributed by atoms with Gasteiger partial charge in [0.25, 0.3) is 5.92 Å². The molecule has 0 spiro atoms. The van der Waals surface area contributed by atoms with E-state index in [0.717, 1.165) is 0 Å². The Bertz CT molecular complexity index is 389. The van der Waals surface area contributed by atoms with E-state index in [4.69, 9.17) is 5.73 Å². The van der Waals surface area contributed by atoms with Gasteiger partial charge in [-0.15, -0.1) is 0 Å². The summed E-state index contributed by atoms with van der Waals surface area (Å²) in [6, 6.07) is 0. The van der Waals surface area contributed by atoms with Crippen molar-refractivity contribution < 1.29 is 8.78 Å². The van der Waals surface area contributed by atoms with Crippen LogP contribution in [0.25, 0.3) is 0 Å². The number of halogens is 3. The van der Waals surface area contributed by atoms with Crippen molar-refractivity contribution in [1.29, 1.82) is 0 Å². The van der Waals surface area contributed by atoms with Crippen LogP contribution in [0.15, 0.2) is 10.8 Å². The molecule has 0 bridgehead atoms. The van der Waals surface area contributed by atoms with E-state index in [1.165, 1.54) is 6.20 Å². The Hall–Kier alpha value is -0.980. The van der Waals surface area contributed by atoms with Gasteiger partial charge in [-0.3, -0.25) is 0 Å². The van der Waals surface area contributed by atoms with E-state index in [1.54, 1.807) is 4.90 Å². The topological polar surface area (TPSA) is 55.0 Å². The van der Waals surface area contributed by atoms with E-state index < -0.39 is 5.92 Å². The van der Waals surface area contributed by atoms with E-state index in [2.05, 4.69) is 25.9 Å². The average Bonchev–Trinajstić information content (AvgIpc) is 2.22. The second-order valence-corrected chi connectivity index (χ2v) is 4.56. The molecule has 0 saturated carbocycles. The van der Waals surface area contributed by atoms with Gasteiger partial charge in [0.2, 0.25) is 0 Å². The van der Waals surface area contributed by atoms with Crippen LogP contribution in [0.1, 0.15) is 12.8 Å². The predicted octanol–water partition coefficient (Wildman–Crippen LogP) is 2.06. The minimum atomic E-state index is -2.56. The maximum absolute atomic E-state index is 13.0. The maximum Gasteiger partial charge on any atom is 0.251 e. The number of piperidine rings is 1. The molecule has 0 unspecified atom stereocenters. The molecule has 0 atom stereocenters. The van der Waals surface area contributed by atoms with Gasteiger partial charge in [-0.05, 0) is 15.9 Å². The number of alkyl halides is 2. The molecule has 0 aliphatic carbocycles. The van der Waals surface area contributed by atoms with Crippen LogP contribution < -0.4 is 10.6 Å². The first-order chi connectivity index (χ1) is 7.48. The summed E-state index contributed by atoms with van der Waals surface area (Å²) in [4.78, 5) is 9.82. The van der Waals surface area contributed by atoms with Crippen molar-refractivity contribution >= 4 is 27.6 Å². The highest BCUT2D eigenvalue weighted by Crippen LogP contribution is 2.31. The molecule has 2 heterocycles. The molecule has 0 amide bonds. The van der Waals surface area contributed by atoms with Crippen LogP contribution in [0.2, 0.25) is 0 Å². The lowest BCUT2D eigenvalue weighted by Gasteiger charge is -2.32. The Morgan fingerprint density at radius 2 is 2.00 bits per heavy atom. The van der Waals surface area contributed by atoms with Gasteiger partial charge in [0.05, 0.1) is 6.20 Å². The number of nitrogen functional groups attached to an aromatic ring is 1. The summed E-state index contributed by atoms with van der Waals surface area (Å²) in [5.74, 6) is -1.82. The summed E-state index contributed by atoms with van der Waals surface area (Å²) in [7, 11) is 0. The Labute approximate surface area is 100.0 Å².